The molecule has 1 amide bonds. The third-order valence-corrected chi connectivity index (χ3v) is 2.98. The number of anilines is 1. The lowest BCUT2D eigenvalue weighted by Gasteiger charge is -2.30. The van der Waals surface area contributed by atoms with E-state index in [0.29, 0.717) is 10.7 Å². The molecule has 0 radical (unpaired) electrons. The number of rotatable bonds is 2. The predicted octanol–water partition coefficient (Wildman–Crippen LogP) is 2.05. The Balaban J connectivity index is 2.46. The molecule has 1 heterocycles. The van der Waals surface area contributed by atoms with Gasteiger partial charge < -0.3 is 9.84 Å². The van der Waals surface area contributed by atoms with Gasteiger partial charge in [0.25, 0.3) is 0 Å². The van der Waals surface area contributed by atoms with Gasteiger partial charge in [-0.15, -0.1) is 0 Å². The maximum atomic E-state index is 11.6. The van der Waals surface area contributed by atoms with Crippen molar-refractivity contribution in [2.24, 2.45) is 0 Å². The zero-order valence-electron chi connectivity index (χ0n) is 8.81. The number of para-hydroxylation sites is 1. The Labute approximate surface area is 98.4 Å². The van der Waals surface area contributed by atoms with Crippen molar-refractivity contribution in [2.45, 2.75) is 12.5 Å². The maximum Gasteiger partial charge on any atom is 0.415 e. The molecule has 4 nitrogen and oxygen atoms in total. The molecule has 1 N–H and O–H groups in total. The highest BCUT2D eigenvalue weighted by atomic mass is 35.5. The molecule has 16 heavy (non-hydrogen) atoms. The summed E-state index contributed by atoms with van der Waals surface area (Å²) in [6.45, 7) is 1.73. The van der Waals surface area contributed by atoms with Crippen LogP contribution in [0.1, 0.15) is 6.92 Å². The van der Waals surface area contributed by atoms with E-state index in [1.165, 1.54) is 4.90 Å². The third-order valence-electron chi connectivity index (χ3n) is 2.66. The monoisotopic (exact) mass is 241 g/mol. The van der Waals surface area contributed by atoms with Crippen LogP contribution in [0.3, 0.4) is 0 Å². The lowest BCUT2D eigenvalue weighted by molar-refractivity contribution is 0.155. The first kappa shape index (κ1) is 11.2. The number of benzene rings is 1. The van der Waals surface area contributed by atoms with Crippen molar-refractivity contribution in [1.82, 2.24) is 0 Å². The SMILES string of the molecule is CC1(CO)COC(=O)N1c1ccccc1Cl. The molecule has 1 atom stereocenters. The number of cyclic esters (lactones) is 1. The first-order chi connectivity index (χ1) is 7.58. The van der Waals surface area contributed by atoms with Crippen LogP contribution in [-0.4, -0.2) is 30.0 Å². The number of hydrogen-bond acceptors (Lipinski definition) is 3. The van der Waals surface area contributed by atoms with Crippen LogP contribution >= 0.6 is 11.6 Å². The van der Waals surface area contributed by atoms with Gasteiger partial charge >= 0.3 is 6.09 Å². The molecule has 0 aliphatic carbocycles. The summed E-state index contributed by atoms with van der Waals surface area (Å²) in [6.07, 6.45) is -0.482. The zero-order chi connectivity index (χ0) is 11.8. The van der Waals surface area contributed by atoms with Crippen molar-refractivity contribution in [3.63, 3.8) is 0 Å². The Hall–Kier alpha value is -1.26. The second-order valence-corrected chi connectivity index (χ2v) is 4.40. The van der Waals surface area contributed by atoms with Gasteiger partial charge in [-0.1, -0.05) is 23.7 Å². The van der Waals surface area contributed by atoms with Gasteiger partial charge in [0.05, 0.1) is 17.3 Å². The average molecular weight is 242 g/mol. The van der Waals surface area contributed by atoms with Crippen molar-refractivity contribution in [3.05, 3.63) is 29.3 Å². The van der Waals surface area contributed by atoms with E-state index in [1.54, 1.807) is 31.2 Å². The van der Waals surface area contributed by atoms with Crippen LogP contribution in [0, 0.1) is 0 Å². The molecule has 5 heteroatoms. The smallest absolute Gasteiger partial charge is 0.415 e. The summed E-state index contributed by atoms with van der Waals surface area (Å²) in [4.78, 5) is 13.0. The molecule has 2 rings (SSSR count). The van der Waals surface area contributed by atoms with Crippen LogP contribution in [-0.2, 0) is 4.74 Å². The predicted molar refractivity (Wildman–Crippen MR) is 60.8 cm³/mol. The van der Waals surface area contributed by atoms with Gasteiger partial charge in [0.15, 0.2) is 0 Å². The topological polar surface area (TPSA) is 49.8 Å². The number of aliphatic hydroxyl groups excluding tert-OH is 1. The molecule has 1 aromatic rings. The molecule has 0 spiro atoms. The van der Waals surface area contributed by atoms with Crippen LogP contribution in [0.4, 0.5) is 10.5 Å². The normalized spacial score (nSPS) is 24.7. The maximum absolute atomic E-state index is 11.6. The van der Waals surface area contributed by atoms with Crippen molar-refractivity contribution in [2.75, 3.05) is 18.1 Å². The van der Waals surface area contributed by atoms with Crippen LogP contribution in [0.25, 0.3) is 0 Å². The van der Waals surface area contributed by atoms with Gasteiger partial charge in [0, 0.05) is 0 Å². The number of hydrogen-bond donors (Lipinski definition) is 1. The minimum Gasteiger partial charge on any atom is -0.447 e. The fourth-order valence-corrected chi connectivity index (χ4v) is 1.93. The second kappa shape index (κ2) is 3.96. The van der Waals surface area contributed by atoms with Gasteiger partial charge in [-0.2, -0.15) is 0 Å². The van der Waals surface area contributed by atoms with Gasteiger partial charge in [-0.25, -0.2) is 4.79 Å². The Morgan fingerprint density at radius 3 is 2.88 bits per heavy atom. The van der Waals surface area contributed by atoms with Gasteiger partial charge in [-0.05, 0) is 19.1 Å². The quantitative estimate of drug-likeness (QED) is 0.862. The summed E-state index contributed by atoms with van der Waals surface area (Å²) >= 11 is 6.02. The van der Waals surface area contributed by atoms with Crippen LogP contribution < -0.4 is 4.90 Å². The highest BCUT2D eigenvalue weighted by Crippen LogP contribution is 2.34. The first-order valence-corrected chi connectivity index (χ1v) is 5.29. The van der Waals surface area contributed by atoms with E-state index in [9.17, 15) is 9.90 Å². The molecule has 1 aromatic carbocycles. The van der Waals surface area contributed by atoms with Gasteiger partial charge in [0.2, 0.25) is 0 Å². The third kappa shape index (κ3) is 1.64. The van der Waals surface area contributed by atoms with Gasteiger partial charge in [-0.3, -0.25) is 4.90 Å². The van der Waals surface area contributed by atoms with E-state index in [0.717, 1.165) is 0 Å². The zero-order valence-corrected chi connectivity index (χ0v) is 9.57. The molecule has 0 bridgehead atoms. The minimum absolute atomic E-state index is 0.160. The van der Waals surface area contributed by atoms with Crippen LogP contribution in [0.5, 0.6) is 0 Å². The number of amides is 1. The highest BCUT2D eigenvalue weighted by molar-refractivity contribution is 6.33. The lowest BCUT2D eigenvalue weighted by Crippen LogP contribution is -2.48. The number of carbonyl (C=O) groups is 1. The number of ether oxygens (including phenoxy) is 1. The highest BCUT2D eigenvalue weighted by Gasteiger charge is 2.44. The van der Waals surface area contributed by atoms with Crippen molar-refractivity contribution in [1.29, 1.82) is 0 Å². The molecular formula is C11H12ClNO3. The van der Waals surface area contributed by atoms with Crippen molar-refractivity contribution in [3.8, 4) is 0 Å². The molecular weight excluding hydrogens is 230 g/mol. The Morgan fingerprint density at radius 1 is 1.56 bits per heavy atom. The molecule has 1 aliphatic heterocycles. The largest absolute Gasteiger partial charge is 0.447 e. The summed E-state index contributed by atoms with van der Waals surface area (Å²) in [7, 11) is 0. The van der Waals surface area contributed by atoms with E-state index in [2.05, 4.69) is 0 Å². The summed E-state index contributed by atoms with van der Waals surface area (Å²) in [5.41, 5.74) is -0.189. The number of aliphatic hydroxyl groups is 1. The van der Waals surface area contributed by atoms with E-state index in [-0.39, 0.29) is 13.2 Å². The van der Waals surface area contributed by atoms with E-state index in [1.807, 2.05) is 0 Å². The molecule has 86 valence electrons. The Morgan fingerprint density at radius 2 is 2.25 bits per heavy atom. The van der Waals surface area contributed by atoms with Crippen LogP contribution in [0.2, 0.25) is 5.02 Å². The number of halogens is 1. The fraction of sp³-hybridized carbons (Fsp3) is 0.364. The summed E-state index contributed by atoms with van der Waals surface area (Å²) < 4.78 is 4.95. The Bertz CT molecular complexity index is 423. The number of carbonyl (C=O) groups excluding carboxylic acids is 1. The lowest BCUT2D eigenvalue weighted by atomic mass is 10.0. The summed E-state index contributed by atoms with van der Waals surface area (Å²) in [5.74, 6) is 0. The van der Waals surface area contributed by atoms with E-state index < -0.39 is 11.6 Å². The summed E-state index contributed by atoms with van der Waals surface area (Å²) in [6, 6.07) is 6.98. The molecule has 1 fully saturated rings. The van der Waals surface area contributed by atoms with Gasteiger partial charge in [0.1, 0.15) is 12.1 Å². The number of nitrogens with zero attached hydrogens (tertiary/aromatic N) is 1. The molecule has 0 aromatic heterocycles. The Kier molecular flexibility index (Phi) is 2.78. The van der Waals surface area contributed by atoms with Crippen molar-refractivity contribution >= 4 is 23.4 Å². The minimum atomic E-state index is -0.748. The fourth-order valence-electron chi connectivity index (χ4n) is 1.71. The molecule has 1 saturated heterocycles. The van der Waals surface area contributed by atoms with E-state index in [4.69, 9.17) is 16.3 Å². The van der Waals surface area contributed by atoms with Crippen LogP contribution in [0.15, 0.2) is 24.3 Å². The second-order valence-electron chi connectivity index (χ2n) is 4.00. The molecule has 1 aliphatic rings. The van der Waals surface area contributed by atoms with E-state index >= 15 is 0 Å². The first-order valence-electron chi connectivity index (χ1n) is 4.91. The average Bonchev–Trinajstić information content (AvgIpc) is 2.57. The molecule has 1 unspecified atom stereocenters. The summed E-state index contributed by atoms with van der Waals surface area (Å²) in [5, 5.41) is 9.81. The standard InChI is InChI=1S/C11H12ClNO3/c1-11(6-14)7-16-10(15)13(11)9-5-3-2-4-8(9)12/h2-5,14H,6-7H2,1H3. The molecule has 0 saturated carbocycles. The van der Waals surface area contributed by atoms with Crippen molar-refractivity contribution < 1.29 is 14.6 Å².